The van der Waals surface area contributed by atoms with E-state index in [1.165, 1.54) is 0 Å². The van der Waals surface area contributed by atoms with Crippen LogP contribution in [-0.4, -0.2) is 23.2 Å². The second kappa shape index (κ2) is 3.98. The molecule has 0 aliphatic carbocycles. The van der Waals surface area contributed by atoms with E-state index in [1.807, 2.05) is 12.1 Å². The summed E-state index contributed by atoms with van der Waals surface area (Å²) in [5.74, 6) is -0.901. The van der Waals surface area contributed by atoms with E-state index < -0.39 is 5.97 Å². The van der Waals surface area contributed by atoms with Crippen LogP contribution in [0.5, 0.6) is 0 Å². The highest BCUT2D eigenvalue weighted by atomic mass is 16.5. The molecule has 0 aliphatic rings. The van der Waals surface area contributed by atoms with Gasteiger partial charge in [0.05, 0.1) is 12.2 Å². The first kappa shape index (κ1) is 10.7. The minimum Gasteiger partial charge on any atom is -0.478 e. The Kier molecular flexibility index (Phi) is 2.66. The largest absolute Gasteiger partial charge is 0.478 e. The maximum atomic E-state index is 11.0. The average Bonchev–Trinajstić information content (AvgIpc) is 2.58. The van der Waals surface area contributed by atoms with Crippen LogP contribution in [0.25, 0.3) is 10.9 Å². The van der Waals surface area contributed by atoms with E-state index in [-0.39, 0.29) is 0 Å². The Balaban J connectivity index is 2.56. The van der Waals surface area contributed by atoms with Gasteiger partial charge in [-0.1, -0.05) is 0 Å². The number of methoxy groups -OCH3 is 1. The SMILES string of the molecule is COCc1cc2cc(C)c(C(=O)O)cc2[nH]1. The van der Waals surface area contributed by atoms with Gasteiger partial charge in [-0.25, -0.2) is 4.79 Å². The van der Waals surface area contributed by atoms with Gasteiger partial charge in [0.25, 0.3) is 0 Å². The van der Waals surface area contributed by atoms with E-state index in [0.29, 0.717) is 12.2 Å². The molecule has 0 radical (unpaired) electrons. The van der Waals surface area contributed by atoms with Crippen molar-refractivity contribution in [2.75, 3.05) is 7.11 Å². The molecule has 2 aromatic rings. The van der Waals surface area contributed by atoms with Crippen molar-refractivity contribution in [3.8, 4) is 0 Å². The topological polar surface area (TPSA) is 62.3 Å². The third-order valence-corrected chi connectivity index (χ3v) is 2.55. The molecule has 0 aliphatic heterocycles. The van der Waals surface area contributed by atoms with Crippen molar-refractivity contribution in [2.45, 2.75) is 13.5 Å². The summed E-state index contributed by atoms with van der Waals surface area (Å²) in [4.78, 5) is 14.1. The van der Waals surface area contributed by atoms with Crippen molar-refractivity contribution < 1.29 is 14.6 Å². The molecule has 84 valence electrons. The number of aromatic carboxylic acids is 1. The van der Waals surface area contributed by atoms with Gasteiger partial charge >= 0.3 is 5.97 Å². The van der Waals surface area contributed by atoms with E-state index in [1.54, 1.807) is 20.1 Å². The number of aryl methyl sites for hydroxylation is 1. The van der Waals surface area contributed by atoms with Crippen LogP contribution in [0.2, 0.25) is 0 Å². The highest BCUT2D eigenvalue weighted by molar-refractivity contribution is 5.95. The molecule has 1 aromatic heterocycles. The number of hydrogen-bond donors (Lipinski definition) is 2. The lowest BCUT2D eigenvalue weighted by atomic mass is 10.1. The first-order chi connectivity index (χ1) is 7.61. The maximum Gasteiger partial charge on any atom is 0.336 e. The zero-order chi connectivity index (χ0) is 11.7. The fraction of sp³-hybridized carbons (Fsp3) is 0.250. The van der Waals surface area contributed by atoms with Crippen molar-refractivity contribution in [3.63, 3.8) is 0 Å². The van der Waals surface area contributed by atoms with Gasteiger partial charge in [-0.15, -0.1) is 0 Å². The predicted molar refractivity (Wildman–Crippen MR) is 60.7 cm³/mol. The number of nitrogens with one attached hydrogen (secondary N) is 1. The van der Waals surface area contributed by atoms with Crippen molar-refractivity contribution in [1.29, 1.82) is 0 Å². The summed E-state index contributed by atoms with van der Waals surface area (Å²) in [6.07, 6.45) is 0. The zero-order valence-electron chi connectivity index (χ0n) is 9.20. The molecule has 0 fully saturated rings. The fourth-order valence-electron chi connectivity index (χ4n) is 1.82. The molecular formula is C12H13NO3. The fourth-order valence-corrected chi connectivity index (χ4v) is 1.82. The molecule has 1 aromatic carbocycles. The number of hydrogen-bond acceptors (Lipinski definition) is 2. The predicted octanol–water partition coefficient (Wildman–Crippen LogP) is 2.32. The molecule has 4 heteroatoms. The first-order valence-corrected chi connectivity index (χ1v) is 4.96. The van der Waals surface area contributed by atoms with Gasteiger partial charge in [0.15, 0.2) is 0 Å². The Morgan fingerprint density at radius 2 is 2.19 bits per heavy atom. The van der Waals surface area contributed by atoms with Crippen LogP contribution in [0.4, 0.5) is 0 Å². The van der Waals surface area contributed by atoms with Gasteiger partial charge in [-0.2, -0.15) is 0 Å². The summed E-state index contributed by atoms with van der Waals surface area (Å²) in [5.41, 5.74) is 2.87. The normalized spacial score (nSPS) is 10.9. The summed E-state index contributed by atoms with van der Waals surface area (Å²) in [6, 6.07) is 5.50. The summed E-state index contributed by atoms with van der Waals surface area (Å²) >= 11 is 0. The second-order valence-electron chi connectivity index (χ2n) is 3.79. The number of aromatic nitrogens is 1. The van der Waals surface area contributed by atoms with Crippen LogP contribution in [-0.2, 0) is 11.3 Å². The van der Waals surface area contributed by atoms with E-state index >= 15 is 0 Å². The molecular weight excluding hydrogens is 206 g/mol. The third kappa shape index (κ3) is 1.79. The Hall–Kier alpha value is -1.81. The number of ether oxygens (including phenoxy) is 1. The quantitative estimate of drug-likeness (QED) is 0.832. The lowest BCUT2D eigenvalue weighted by Crippen LogP contribution is -1.99. The Morgan fingerprint density at radius 3 is 2.81 bits per heavy atom. The summed E-state index contributed by atoms with van der Waals surface area (Å²) in [7, 11) is 1.62. The van der Waals surface area contributed by atoms with Crippen LogP contribution < -0.4 is 0 Å². The first-order valence-electron chi connectivity index (χ1n) is 4.96. The number of H-pyrrole nitrogens is 1. The molecule has 2 N–H and O–H groups in total. The van der Waals surface area contributed by atoms with Crippen molar-refractivity contribution in [2.24, 2.45) is 0 Å². The third-order valence-electron chi connectivity index (χ3n) is 2.55. The van der Waals surface area contributed by atoms with E-state index in [2.05, 4.69) is 4.98 Å². The molecule has 0 bridgehead atoms. The molecule has 0 saturated carbocycles. The number of rotatable bonds is 3. The Morgan fingerprint density at radius 1 is 1.44 bits per heavy atom. The Labute approximate surface area is 92.9 Å². The molecule has 16 heavy (non-hydrogen) atoms. The van der Waals surface area contributed by atoms with Gasteiger partial charge in [0.2, 0.25) is 0 Å². The summed E-state index contributed by atoms with van der Waals surface area (Å²) < 4.78 is 5.02. The van der Waals surface area contributed by atoms with E-state index in [0.717, 1.165) is 22.2 Å². The molecule has 1 heterocycles. The molecule has 0 amide bonds. The van der Waals surface area contributed by atoms with Crippen molar-refractivity contribution in [1.82, 2.24) is 4.98 Å². The van der Waals surface area contributed by atoms with Gasteiger partial charge < -0.3 is 14.8 Å². The van der Waals surface area contributed by atoms with Gasteiger partial charge in [-0.3, -0.25) is 0 Å². The molecule has 0 unspecified atom stereocenters. The molecule has 2 rings (SSSR count). The number of carboxylic acid groups (broad SMARTS) is 1. The standard InChI is InChI=1S/C12H13NO3/c1-7-3-8-4-9(6-16-2)13-11(8)5-10(7)12(14)15/h3-5,13H,6H2,1-2H3,(H,14,15). The zero-order valence-corrected chi connectivity index (χ0v) is 9.20. The van der Waals surface area contributed by atoms with Gasteiger partial charge in [0.1, 0.15) is 0 Å². The summed E-state index contributed by atoms with van der Waals surface area (Å²) in [5, 5.41) is 10.0. The summed E-state index contributed by atoms with van der Waals surface area (Å²) in [6.45, 7) is 2.29. The lowest BCUT2D eigenvalue weighted by molar-refractivity contribution is 0.0696. The number of fused-ring (bicyclic) bond motifs is 1. The minimum atomic E-state index is -0.901. The average molecular weight is 219 g/mol. The molecule has 0 atom stereocenters. The van der Waals surface area contributed by atoms with Crippen LogP contribution in [0.15, 0.2) is 18.2 Å². The number of carboxylic acids is 1. The molecule has 0 spiro atoms. The highest BCUT2D eigenvalue weighted by Crippen LogP contribution is 2.21. The van der Waals surface area contributed by atoms with Crippen LogP contribution in [0.3, 0.4) is 0 Å². The number of aromatic amines is 1. The van der Waals surface area contributed by atoms with E-state index in [9.17, 15) is 4.79 Å². The van der Waals surface area contributed by atoms with Crippen LogP contribution in [0.1, 0.15) is 21.6 Å². The maximum absolute atomic E-state index is 11.0. The molecule has 0 saturated heterocycles. The highest BCUT2D eigenvalue weighted by Gasteiger charge is 2.10. The smallest absolute Gasteiger partial charge is 0.336 e. The van der Waals surface area contributed by atoms with Crippen LogP contribution >= 0.6 is 0 Å². The molecule has 4 nitrogen and oxygen atoms in total. The van der Waals surface area contributed by atoms with Gasteiger partial charge in [-0.05, 0) is 30.7 Å². The number of benzene rings is 1. The van der Waals surface area contributed by atoms with Gasteiger partial charge in [0, 0.05) is 23.7 Å². The van der Waals surface area contributed by atoms with Crippen molar-refractivity contribution >= 4 is 16.9 Å². The Bertz CT molecular complexity index is 542. The number of carbonyl (C=O) groups is 1. The van der Waals surface area contributed by atoms with Crippen molar-refractivity contribution in [3.05, 3.63) is 35.0 Å². The lowest BCUT2D eigenvalue weighted by Gasteiger charge is -2.00. The second-order valence-corrected chi connectivity index (χ2v) is 3.79. The van der Waals surface area contributed by atoms with Crippen LogP contribution in [0, 0.1) is 6.92 Å². The monoisotopic (exact) mass is 219 g/mol. The minimum absolute atomic E-state index is 0.332. The van der Waals surface area contributed by atoms with E-state index in [4.69, 9.17) is 9.84 Å².